The molecule has 2 N–H and O–H groups in total. The summed E-state index contributed by atoms with van der Waals surface area (Å²) in [5, 5.41) is 2.90. The molecule has 1 aliphatic rings. The maximum absolute atomic E-state index is 11.1. The van der Waals surface area contributed by atoms with Crippen molar-refractivity contribution in [3.05, 3.63) is 0 Å². The van der Waals surface area contributed by atoms with Gasteiger partial charge in [-0.25, -0.2) is 4.72 Å². The van der Waals surface area contributed by atoms with Gasteiger partial charge in [0.05, 0.1) is 0 Å². The van der Waals surface area contributed by atoms with Crippen LogP contribution in [0.15, 0.2) is 0 Å². The van der Waals surface area contributed by atoms with E-state index in [-0.39, 0.29) is 0 Å². The van der Waals surface area contributed by atoms with Gasteiger partial charge >= 0.3 is 0 Å². The lowest BCUT2D eigenvalue weighted by Crippen LogP contribution is -2.34. The van der Waals surface area contributed by atoms with Crippen LogP contribution < -0.4 is 10.0 Å². The van der Waals surface area contributed by atoms with E-state index in [1.807, 2.05) is 0 Å². The molecule has 0 radical (unpaired) electrons. The highest BCUT2D eigenvalue weighted by Gasteiger charge is 2.26. The molecule has 0 unspecified atom stereocenters. The van der Waals surface area contributed by atoms with Crippen LogP contribution in [0.5, 0.6) is 0 Å². The molecule has 1 saturated heterocycles. The van der Waals surface area contributed by atoms with Crippen molar-refractivity contribution in [2.45, 2.75) is 0 Å². The molecule has 0 aromatic rings. The third-order valence-corrected chi connectivity index (χ3v) is 3.21. The second-order valence-electron chi connectivity index (χ2n) is 2.40. The average molecular weight is 179 g/mol. The van der Waals surface area contributed by atoms with E-state index in [1.165, 1.54) is 4.31 Å². The Morgan fingerprint density at radius 1 is 1.64 bits per heavy atom. The molecule has 0 aromatic heterocycles. The molecule has 0 spiro atoms. The summed E-state index contributed by atoms with van der Waals surface area (Å²) in [6.07, 6.45) is 0. The van der Waals surface area contributed by atoms with Crippen LogP contribution >= 0.6 is 0 Å². The van der Waals surface area contributed by atoms with Crippen LogP contribution in [0.4, 0.5) is 0 Å². The predicted molar refractivity (Wildman–Crippen MR) is 42.4 cm³/mol. The zero-order valence-electron chi connectivity index (χ0n) is 6.50. The quantitative estimate of drug-likeness (QED) is 0.546. The van der Waals surface area contributed by atoms with Crippen molar-refractivity contribution in [1.82, 2.24) is 14.3 Å². The third-order valence-electron chi connectivity index (χ3n) is 1.60. The molecular formula is C5H13N3O2S. The molecule has 11 heavy (non-hydrogen) atoms. The second-order valence-corrected chi connectivity index (χ2v) is 4.16. The summed E-state index contributed by atoms with van der Waals surface area (Å²) >= 11 is 0. The van der Waals surface area contributed by atoms with E-state index in [0.29, 0.717) is 26.2 Å². The topological polar surface area (TPSA) is 61.4 Å². The van der Waals surface area contributed by atoms with Crippen LogP contribution in [0.25, 0.3) is 0 Å². The van der Waals surface area contributed by atoms with Crippen LogP contribution in [0.1, 0.15) is 0 Å². The maximum Gasteiger partial charge on any atom is 0.279 e. The molecular weight excluding hydrogens is 166 g/mol. The third kappa shape index (κ3) is 2.13. The van der Waals surface area contributed by atoms with Gasteiger partial charge in [-0.05, 0) is 7.05 Å². The van der Waals surface area contributed by atoms with Gasteiger partial charge in [0.15, 0.2) is 0 Å². The first kappa shape index (κ1) is 8.92. The summed E-state index contributed by atoms with van der Waals surface area (Å²) in [5.74, 6) is 0. The summed E-state index contributed by atoms with van der Waals surface area (Å²) in [5.41, 5.74) is 0. The molecule has 0 amide bonds. The van der Waals surface area contributed by atoms with E-state index < -0.39 is 10.2 Å². The minimum atomic E-state index is -3.12. The molecule has 0 aliphatic carbocycles. The normalized spacial score (nSPS) is 24.1. The summed E-state index contributed by atoms with van der Waals surface area (Å²) < 4.78 is 26.0. The van der Waals surface area contributed by atoms with Crippen molar-refractivity contribution in [3.8, 4) is 0 Å². The van der Waals surface area contributed by atoms with E-state index >= 15 is 0 Å². The van der Waals surface area contributed by atoms with Gasteiger partial charge in [0.2, 0.25) is 0 Å². The number of hydrogen-bond acceptors (Lipinski definition) is 3. The Labute approximate surface area is 66.9 Å². The number of nitrogens with zero attached hydrogens (tertiary/aromatic N) is 1. The lowest BCUT2D eigenvalue weighted by molar-refractivity contribution is 0.446. The second kappa shape index (κ2) is 3.48. The van der Waals surface area contributed by atoms with Crippen molar-refractivity contribution < 1.29 is 8.42 Å². The summed E-state index contributed by atoms with van der Waals surface area (Å²) in [7, 11) is -1.31. The minimum absolute atomic E-state index is 0.534. The van der Waals surface area contributed by atoms with E-state index in [0.717, 1.165) is 0 Å². The first-order chi connectivity index (χ1) is 5.17. The maximum atomic E-state index is 11.1. The van der Waals surface area contributed by atoms with Gasteiger partial charge < -0.3 is 5.32 Å². The molecule has 6 heteroatoms. The fraction of sp³-hybridized carbons (Fsp3) is 1.00. The van der Waals surface area contributed by atoms with Crippen LogP contribution in [0, 0.1) is 0 Å². The van der Waals surface area contributed by atoms with Gasteiger partial charge in [-0.2, -0.15) is 12.7 Å². The standard InChI is InChI=1S/C5H13N3O2S/c1-6-2-4-8-5-3-7-11(8,9)10/h6-7H,2-5H2,1H3. The van der Waals surface area contributed by atoms with E-state index in [4.69, 9.17) is 0 Å². The summed E-state index contributed by atoms with van der Waals surface area (Å²) in [6.45, 7) is 2.36. The monoisotopic (exact) mass is 179 g/mol. The highest BCUT2D eigenvalue weighted by molar-refractivity contribution is 7.87. The molecule has 5 nitrogen and oxygen atoms in total. The Balaban J connectivity index is 2.45. The van der Waals surface area contributed by atoms with Gasteiger partial charge in [0, 0.05) is 26.2 Å². The molecule has 66 valence electrons. The van der Waals surface area contributed by atoms with Gasteiger partial charge in [-0.3, -0.25) is 0 Å². The Morgan fingerprint density at radius 2 is 2.36 bits per heavy atom. The Bertz CT molecular complexity index is 214. The van der Waals surface area contributed by atoms with Crippen molar-refractivity contribution in [2.24, 2.45) is 0 Å². The number of nitrogens with one attached hydrogen (secondary N) is 2. The minimum Gasteiger partial charge on any atom is -0.318 e. The van der Waals surface area contributed by atoms with Crippen LogP contribution in [0.2, 0.25) is 0 Å². The lowest BCUT2D eigenvalue weighted by atomic mass is 10.5. The average Bonchev–Trinajstić information content (AvgIpc) is 2.25. The molecule has 1 fully saturated rings. The zero-order chi connectivity index (χ0) is 8.32. The molecule has 1 aliphatic heterocycles. The van der Waals surface area contributed by atoms with E-state index in [9.17, 15) is 8.42 Å². The van der Waals surface area contributed by atoms with Crippen molar-refractivity contribution in [1.29, 1.82) is 0 Å². The number of rotatable bonds is 3. The van der Waals surface area contributed by atoms with Crippen LogP contribution in [-0.4, -0.2) is 45.9 Å². The van der Waals surface area contributed by atoms with Crippen LogP contribution in [0.3, 0.4) is 0 Å². The predicted octanol–water partition coefficient (Wildman–Crippen LogP) is -1.64. The van der Waals surface area contributed by atoms with Crippen molar-refractivity contribution in [2.75, 3.05) is 33.2 Å². The van der Waals surface area contributed by atoms with Gasteiger partial charge in [0.1, 0.15) is 0 Å². The molecule has 0 aromatic carbocycles. The Morgan fingerprint density at radius 3 is 2.82 bits per heavy atom. The smallest absolute Gasteiger partial charge is 0.279 e. The van der Waals surface area contributed by atoms with E-state index in [2.05, 4.69) is 10.0 Å². The first-order valence-electron chi connectivity index (χ1n) is 3.56. The SMILES string of the molecule is CNCCN1CCNS1(=O)=O. The van der Waals surface area contributed by atoms with Gasteiger partial charge in [-0.1, -0.05) is 0 Å². The Kier molecular flexibility index (Phi) is 2.83. The molecule has 0 atom stereocenters. The number of likely N-dealkylation sites (N-methyl/N-ethyl adjacent to an activating group) is 1. The highest BCUT2D eigenvalue weighted by atomic mass is 32.2. The highest BCUT2D eigenvalue weighted by Crippen LogP contribution is 2.01. The Hall–Kier alpha value is -0.170. The fourth-order valence-electron chi connectivity index (χ4n) is 0.979. The van der Waals surface area contributed by atoms with Gasteiger partial charge in [0.25, 0.3) is 10.2 Å². The number of hydrogen-bond donors (Lipinski definition) is 2. The van der Waals surface area contributed by atoms with Gasteiger partial charge in [-0.15, -0.1) is 0 Å². The molecule has 0 saturated carbocycles. The zero-order valence-corrected chi connectivity index (χ0v) is 7.32. The molecule has 1 rings (SSSR count). The molecule has 0 bridgehead atoms. The lowest BCUT2D eigenvalue weighted by Gasteiger charge is -2.11. The first-order valence-corrected chi connectivity index (χ1v) is 5.00. The van der Waals surface area contributed by atoms with Crippen molar-refractivity contribution >= 4 is 10.2 Å². The molecule has 1 heterocycles. The van der Waals surface area contributed by atoms with Crippen molar-refractivity contribution in [3.63, 3.8) is 0 Å². The summed E-state index contributed by atoms with van der Waals surface area (Å²) in [4.78, 5) is 0. The largest absolute Gasteiger partial charge is 0.318 e. The van der Waals surface area contributed by atoms with Crippen LogP contribution in [-0.2, 0) is 10.2 Å². The fourth-order valence-corrected chi connectivity index (χ4v) is 2.17. The van der Waals surface area contributed by atoms with E-state index in [1.54, 1.807) is 7.05 Å². The summed E-state index contributed by atoms with van der Waals surface area (Å²) in [6, 6.07) is 0.